The Balaban J connectivity index is 2.15. The molecule has 0 saturated heterocycles. The molecule has 0 aliphatic carbocycles. The molecule has 0 radical (unpaired) electrons. The van der Waals surface area contributed by atoms with Gasteiger partial charge >= 0.3 is 0 Å². The zero-order valence-electron chi connectivity index (χ0n) is 14.7. The van der Waals surface area contributed by atoms with E-state index >= 15 is 0 Å². The second-order valence-electron chi connectivity index (χ2n) is 6.04. The summed E-state index contributed by atoms with van der Waals surface area (Å²) in [6, 6.07) is 17.9. The highest BCUT2D eigenvalue weighted by atomic mass is 28.3. The minimum Gasteiger partial charge on any atom is -0.546 e. The molecule has 1 aromatic heterocycles. The van der Waals surface area contributed by atoms with Crippen LogP contribution in [0.4, 0.5) is 5.69 Å². The highest BCUT2D eigenvalue weighted by molar-refractivity contribution is 6.49. The van der Waals surface area contributed by atoms with Crippen LogP contribution in [0.5, 0.6) is 5.75 Å². The van der Waals surface area contributed by atoms with Crippen molar-refractivity contribution in [2.45, 2.75) is 20.0 Å². The van der Waals surface area contributed by atoms with Gasteiger partial charge in [-0.1, -0.05) is 36.4 Å². The van der Waals surface area contributed by atoms with Crippen molar-refractivity contribution >= 4 is 20.4 Å². The molecule has 3 aromatic rings. The molecule has 0 aliphatic heterocycles. The Hall–Kier alpha value is -2.79. The number of benzene rings is 2. The molecule has 25 heavy (non-hydrogen) atoms. The maximum atomic E-state index is 6.06. The first kappa shape index (κ1) is 17.0. The molecule has 4 nitrogen and oxygen atoms in total. The average Bonchev–Trinajstić information content (AvgIpc) is 2.63. The van der Waals surface area contributed by atoms with Gasteiger partial charge in [-0.2, -0.15) is 0 Å². The Morgan fingerprint density at radius 1 is 0.960 bits per heavy atom. The molecule has 1 heterocycles. The molecule has 0 unspecified atom stereocenters. The predicted octanol–water partition coefficient (Wildman–Crippen LogP) is 4.32. The summed E-state index contributed by atoms with van der Waals surface area (Å²) in [5.74, 6) is 1.42. The Morgan fingerprint density at radius 3 is 2.36 bits per heavy atom. The normalized spacial score (nSPS) is 11.6. The summed E-state index contributed by atoms with van der Waals surface area (Å²) in [6.07, 6.45) is 3.46. The first-order chi connectivity index (χ1) is 12.1. The van der Waals surface area contributed by atoms with Gasteiger partial charge in [-0.3, -0.25) is 0 Å². The SMILES string of the molecule is Cc1ccc(O[SiH](C)C)c(N=C(c2ccccc2)c2ncccn2)c1. The molecular weight excluding hydrogens is 326 g/mol. The molecule has 0 fully saturated rings. The summed E-state index contributed by atoms with van der Waals surface area (Å²) >= 11 is 0. The van der Waals surface area contributed by atoms with Crippen molar-refractivity contribution in [3.63, 3.8) is 0 Å². The summed E-state index contributed by atoms with van der Waals surface area (Å²) in [5.41, 5.74) is 3.66. The van der Waals surface area contributed by atoms with Crippen molar-refractivity contribution in [1.82, 2.24) is 9.97 Å². The second kappa shape index (κ2) is 7.85. The summed E-state index contributed by atoms with van der Waals surface area (Å²) in [7, 11) is -1.23. The van der Waals surface area contributed by atoms with Crippen LogP contribution in [0.15, 0.2) is 72.0 Å². The van der Waals surface area contributed by atoms with Crippen molar-refractivity contribution in [2.75, 3.05) is 0 Å². The predicted molar refractivity (Wildman–Crippen MR) is 104 cm³/mol. The lowest BCUT2D eigenvalue weighted by Crippen LogP contribution is -2.12. The van der Waals surface area contributed by atoms with Crippen LogP contribution < -0.4 is 4.43 Å². The molecule has 0 amide bonds. The van der Waals surface area contributed by atoms with Crippen LogP contribution in [0.3, 0.4) is 0 Å². The Kier molecular flexibility index (Phi) is 5.35. The van der Waals surface area contributed by atoms with Gasteiger partial charge in [0.25, 0.3) is 0 Å². The van der Waals surface area contributed by atoms with E-state index in [1.165, 1.54) is 0 Å². The van der Waals surface area contributed by atoms with Crippen LogP contribution in [-0.2, 0) is 0 Å². The summed E-state index contributed by atoms with van der Waals surface area (Å²) in [5, 5.41) is 0. The lowest BCUT2D eigenvalue weighted by atomic mass is 10.1. The Labute approximate surface area is 150 Å². The number of nitrogens with zero attached hydrogens (tertiary/aromatic N) is 3. The number of aliphatic imine (C=N–C) groups is 1. The van der Waals surface area contributed by atoms with Crippen LogP contribution in [0.25, 0.3) is 0 Å². The van der Waals surface area contributed by atoms with E-state index in [-0.39, 0.29) is 0 Å². The molecule has 3 rings (SSSR count). The Morgan fingerprint density at radius 2 is 1.68 bits per heavy atom. The average molecular weight is 347 g/mol. The number of hydrogen-bond donors (Lipinski definition) is 0. The quantitative estimate of drug-likeness (QED) is 0.510. The van der Waals surface area contributed by atoms with Gasteiger partial charge in [-0.15, -0.1) is 0 Å². The third-order valence-electron chi connectivity index (χ3n) is 3.53. The molecule has 0 spiro atoms. The zero-order valence-corrected chi connectivity index (χ0v) is 15.8. The van der Waals surface area contributed by atoms with E-state index in [2.05, 4.69) is 30.0 Å². The van der Waals surface area contributed by atoms with Crippen molar-refractivity contribution in [1.29, 1.82) is 0 Å². The molecule has 126 valence electrons. The first-order valence-electron chi connectivity index (χ1n) is 8.32. The summed E-state index contributed by atoms with van der Waals surface area (Å²) < 4.78 is 6.06. The van der Waals surface area contributed by atoms with Crippen molar-refractivity contribution in [3.8, 4) is 5.75 Å². The molecule has 0 atom stereocenters. The van der Waals surface area contributed by atoms with Crippen molar-refractivity contribution < 1.29 is 4.43 Å². The molecular formula is C20H21N3OSi. The molecule has 0 aliphatic rings. The molecule has 0 saturated carbocycles. The van der Waals surface area contributed by atoms with Crippen molar-refractivity contribution in [3.05, 3.63) is 83.9 Å². The molecule has 5 heteroatoms. The van der Waals surface area contributed by atoms with Gasteiger partial charge in [-0.05, 0) is 43.8 Å². The molecule has 2 aromatic carbocycles. The van der Waals surface area contributed by atoms with Gasteiger partial charge in [0.05, 0.1) is 0 Å². The summed E-state index contributed by atoms with van der Waals surface area (Å²) in [4.78, 5) is 13.7. The van der Waals surface area contributed by atoms with E-state index in [1.807, 2.05) is 48.5 Å². The maximum absolute atomic E-state index is 6.06. The van der Waals surface area contributed by atoms with E-state index in [1.54, 1.807) is 18.5 Å². The van der Waals surface area contributed by atoms with Gasteiger partial charge in [-0.25, -0.2) is 15.0 Å². The van der Waals surface area contributed by atoms with Crippen LogP contribution in [-0.4, -0.2) is 24.7 Å². The van der Waals surface area contributed by atoms with Crippen LogP contribution in [0, 0.1) is 6.92 Å². The lowest BCUT2D eigenvalue weighted by molar-refractivity contribution is 0.582. The smallest absolute Gasteiger partial charge is 0.229 e. The zero-order chi connectivity index (χ0) is 17.6. The standard InChI is InChI=1S/C20H21N3OSi/c1-15-10-11-18(24-25(2)3)17(14-15)23-19(16-8-5-4-6-9-16)20-21-12-7-13-22-20/h4-14,25H,1-3H3. The van der Waals surface area contributed by atoms with Gasteiger partial charge in [0.1, 0.15) is 17.1 Å². The highest BCUT2D eigenvalue weighted by Crippen LogP contribution is 2.30. The highest BCUT2D eigenvalue weighted by Gasteiger charge is 2.13. The third kappa shape index (κ3) is 4.39. The van der Waals surface area contributed by atoms with Gasteiger partial charge in [0.2, 0.25) is 9.04 Å². The van der Waals surface area contributed by atoms with E-state index < -0.39 is 9.04 Å². The first-order valence-corrected chi connectivity index (χ1v) is 11.1. The number of aromatic nitrogens is 2. The number of hydrogen-bond acceptors (Lipinski definition) is 4. The van der Waals surface area contributed by atoms with Gasteiger partial charge < -0.3 is 4.43 Å². The van der Waals surface area contributed by atoms with E-state index in [0.29, 0.717) is 5.82 Å². The minimum absolute atomic E-state index is 0.600. The fourth-order valence-corrected chi connectivity index (χ4v) is 3.16. The maximum Gasteiger partial charge on any atom is 0.229 e. The lowest BCUT2D eigenvalue weighted by Gasteiger charge is -2.13. The number of aryl methyl sites for hydroxylation is 1. The third-order valence-corrected chi connectivity index (χ3v) is 4.26. The van der Waals surface area contributed by atoms with E-state index in [4.69, 9.17) is 9.42 Å². The topological polar surface area (TPSA) is 47.4 Å². The van der Waals surface area contributed by atoms with Crippen LogP contribution in [0.1, 0.15) is 17.0 Å². The van der Waals surface area contributed by atoms with Gasteiger partial charge in [0, 0.05) is 18.0 Å². The van der Waals surface area contributed by atoms with E-state index in [9.17, 15) is 0 Å². The fourth-order valence-electron chi connectivity index (χ4n) is 2.45. The Bertz CT molecular complexity index is 823. The van der Waals surface area contributed by atoms with E-state index in [0.717, 1.165) is 28.3 Å². The fraction of sp³-hybridized carbons (Fsp3) is 0.150. The van der Waals surface area contributed by atoms with Gasteiger partial charge in [0.15, 0.2) is 5.82 Å². The molecule has 0 bridgehead atoms. The largest absolute Gasteiger partial charge is 0.546 e. The monoisotopic (exact) mass is 347 g/mol. The second-order valence-corrected chi connectivity index (χ2v) is 8.37. The summed E-state index contributed by atoms with van der Waals surface area (Å²) in [6.45, 7) is 6.34. The van der Waals surface area contributed by atoms with Crippen LogP contribution >= 0.6 is 0 Å². The van der Waals surface area contributed by atoms with Crippen molar-refractivity contribution in [2.24, 2.45) is 4.99 Å². The van der Waals surface area contributed by atoms with Crippen LogP contribution in [0.2, 0.25) is 13.1 Å². The number of rotatable bonds is 5. The molecule has 0 N–H and O–H groups in total. The minimum atomic E-state index is -1.23.